The molecule has 144 valence electrons. The topological polar surface area (TPSA) is 72.7 Å². The first-order valence-electron chi connectivity index (χ1n) is 9.04. The molecule has 2 unspecified atom stereocenters. The van der Waals surface area contributed by atoms with Crippen molar-refractivity contribution in [2.45, 2.75) is 46.2 Å². The van der Waals surface area contributed by atoms with Gasteiger partial charge in [0.2, 0.25) is 5.82 Å². The second kappa shape index (κ2) is 8.58. The molecule has 0 aromatic heterocycles. The molecule has 1 fully saturated rings. The fraction of sp³-hybridized carbons (Fsp3) is 0.632. The molecule has 0 spiro atoms. The SMILES string of the molecule is CCOC(=O)C1C(C)CC(N(C)Cc2ccc([N+](=O)[O-])c(F)c2)CC1C. The smallest absolute Gasteiger partial charge is 0.309 e. The van der Waals surface area contributed by atoms with Gasteiger partial charge in [-0.15, -0.1) is 0 Å². The van der Waals surface area contributed by atoms with Gasteiger partial charge in [0.15, 0.2) is 0 Å². The van der Waals surface area contributed by atoms with Crippen LogP contribution in [0.25, 0.3) is 0 Å². The van der Waals surface area contributed by atoms with Crippen molar-refractivity contribution in [3.63, 3.8) is 0 Å². The zero-order valence-corrected chi connectivity index (χ0v) is 15.8. The maximum Gasteiger partial charge on any atom is 0.309 e. The van der Waals surface area contributed by atoms with Crippen molar-refractivity contribution in [3.8, 4) is 0 Å². The minimum Gasteiger partial charge on any atom is -0.466 e. The summed E-state index contributed by atoms with van der Waals surface area (Å²) in [7, 11) is 1.97. The van der Waals surface area contributed by atoms with Crippen LogP contribution in [0.2, 0.25) is 0 Å². The number of nitro groups is 1. The molecule has 1 aliphatic rings. The Morgan fingerprint density at radius 2 is 1.96 bits per heavy atom. The van der Waals surface area contributed by atoms with E-state index in [-0.39, 0.29) is 29.8 Å². The fourth-order valence-electron chi connectivity index (χ4n) is 4.09. The van der Waals surface area contributed by atoms with E-state index in [2.05, 4.69) is 18.7 Å². The molecule has 0 amide bonds. The average Bonchev–Trinajstić information content (AvgIpc) is 2.54. The van der Waals surface area contributed by atoms with Crippen LogP contribution in [0.5, 0.6) is 0 Å². The second-order valence-electron chi connectivity index (χ2n) is 7.32. The number of esters is 1. The molecule has 0 radical (unpaired) electrons. The van der Waals surface area contributed by atoms with Crippen LogP contribution in [0, 0.1) is 33.7 Å². The molecule has 1 aromatic rings. The number of hydrogen-bond acceptors (Lipinski definition) is 5. The molecule has 0 saturated heterocycles. The number of hydrogen-bond donors (Lipinski definition) is 0. The zero-order valence-electron chi connectivity index (χ0n) is 15.8. The summed E-state index contributed by atoms with van der Waals surface area (Å²) in [5.41, 5.74) is 0.192. The van der Waals surface area contributed by atoms with Gasteiger partial charge in [0, 0.05) is 18.7 Å². The van der Waals surface area contributed by atoms with Gasteiger partial charge in [-0.05, 0) is 50.3 Å². The van der Waals surface area contributed by atoms with Crippen LogP contribution < -0.4 is 0 Å². The van der Waals surface area contributed by atoms with Crippen LogP contribution in [-0.2, 0) is 16.1 Å². The summed E-state index contributed by atoms with van der Waals surface area (Å²) in [6.07, 6.45) is 1.72. The maximum atomic E-state index is 13.8. The van der Waals surface area contributed by atoms with Crippen LogP contribution in [-0.4, -0.2) is 35.5 Å². The Morgan fingerprint density at radius 1 is 1.35 bits per heavy atom. The lowest BCUT2D eigenvalue weighted by atomic mass is 9.71. The summed E-state index contributed by atoms with van der Waals surface area (Å²) in [5, 5.41) is 10.7. The largest absolute Gasteiger partial charge is 0.466 e. The lowest BCUT2D eigenvalue weighted by molar-refractivity contribution is -0.387. The Kier molecular flexibility index (Phi) is 6.69. The molecule has 1 aliphatic carbocycles. The molecule has 0 heterocycles. The van der Waals surface area contributed by atoms with E-state index in [1.165, 1.54) is 12.1 Å². The van der Waals surface area contributed by atoms with Crippen LogP contribution in [0.15, 0.2) is 18.2 Å². The Bertz CT molecular complexity index is 655. The first kappa shape index (κ1) is 20.3. The van der Waals surface area contributed by atoms with Crippen molar-refractivity contribution in [2.75, 3.05) is 13.7 Å². The molecular formula is C19H27FN2O4. The molecule has 7 heteroatoms. The first-order chi connectivity index (χ1) is 12.2. The minimum absolute atomic E-state index is 0.0866. The molecule has 1 saturated carbocycles. The number of carbonyl (C=O) groups excluding carboxylic acids is 1. The molecule has 0 bridgehead atoms. The van der Waals surface area contributed by atoms with Gasteiger partial charge in [-0.1, -0.05) is 19.9 Å². The van der Waals surface area contributed by atoms with Crippen LogP contribution in [0.4, 0.5) is 10.1 Å². The molecule has 0 aliphatic heterocycles. The number of benzene rings is 1. The van der Waals surface area contributed by atoms with E-state index in [0.29, 0.717) is 18.7 Å². The second-order valence-corrected chi connectivity index (χ2v) is 7.32. The molecule has 2 rings (SSSR count). The first-order valence-corrected chi connectivity index (χ1v) is 9.04. The number of rotatable bonds is 6. The summed E-state index contributed by atoms with van der Waals surface area (Å²) >= 11 is 0. The van der Waals surface area contributed by atoms with Crippen LogP contribution in [0.1, 0.15) is 39.2 Å². The van der Waals surface area contributed by atoms with Gasteiger partial charge >= 0.3 is 11.7 Å². The van der Waals surface area contributed by atoms with E-state index in [9.17, 15) is 19.3 Å². The quantitative estimate of drug-likeness (QED) is 0.435. The van der Waals surface area contributed by atoms with E-state index in [0.717, 1.165) is 12.8 Å². The predicted octanol–water partition coefficient (Wildman–Crippen LogP) is 3.78. The third kappa shape index (κ3) is 4.58. The number of halogens is 1. The zero-order chi connectivity index (χ0) is 19.4. The van der Waals surface area contributed by atoms with Crippen molar-refractivity contribution in [1.82, 2.24) is 4.90 Å². The van der Waals surface area contributed by atoms with Gasteiger partial charge in [0.1, 0.15) is 0 Å². The van der Waals surface area contributed by atoms with Crippen molar-refractivity contribution in [1.29, 1.82) is 0 Å². The third-order valence-corrected chi connectivity index (χ3v) is 5.34. The Labute approximate surface area is 153 Å². The van der Waals surface area contributed by atoms with Crippen molar-refractivity contribution in [3.05, 3.63) is 39.7 Å². The number of ether oxygens (including phenoxy) is 1. The van der Waals surface area contributed by atoms with Gasteiger partial charge in [0.25, 0.3) is 0 Å². The van der Waals surface area contributed by atoms with Gasteiger partial charge in [0.05, 0.1) is 17.4 Å². The Hall–Kier alpha value is -2.02. The normalized spacial score (nSPS) is 25.9. The Morgan fingerprint density at radius 3 is 2.46 bits per heavy atom. The Balaban J connectivity index is 2.02. The van der Waals surface area contributed by atoms with Gasteiger partial charge in [-0.3, -0.25) is 19.8 Å². The van der Waals surface area contributed by atoms with Crippen LogP contribution in [0.3, 0.4) is 0 Å². The summed E-state index contributed by atoms with van der Waals surface area (Å²) in [5.74, 6) is -0.603. The molecule has 1 aromatic carbocycles. The predicted molar refractivity (Wildman–Crippen MR) is 96.0 cm³/mol. The molecule has 0 N–H and O–H groups in total. The molecule has 26 heavy (non-hydrogen) atoms. The van der Waals surface area contributed by atoms with Gasteiger partial charge in [-0.2, -0.15) is 4.39 Å². The maximum absolute atomic E-state index is 13.8. The fourth-order valence-corrected chi connectivity index (χ4v) is 4.09. The highest BCUT2D eigenvalue weighted by molar-refractivity contribution is 5.73. The third-order valence-electron chi connectivity index (χ3n) is 5.34. The summed E-state index contributed by atoms with van der Waals surface area (Å²) in [6.45, 7) is 6.86. The number of carbonyl (C=O) groups is 1. The van der Waals surface area contributed by atoms with Crippen molar-refractivity contribution in [2.24, 2.45) is 17.8 Å². The van der Waals surface area contributed by atoms with Crippen molar-refractivity contribution < 1.29 is 18.8 Å². The highest BCUT2D eigenvalue weighted by atomic mass is 19.1. The molecule has 6 nitrogen and oxygen atoms in total. The summed E-state index contributed by atoms with van der Waals surface area (Å²) in [4.78, 5) is 24.3. The molecular weight excluding hydrogens is 339 g/mol. The lowest BCUT2D eigenvalue weighted by Crippen LogP contribution is -2.44. The van der Waals surface area contributed by atoms with Crippen LogP contribution >= 0.6 is 0 Å². The van der Waals surface area contributed by atoms with E-state index in [4.69, 9.17) is 4.74 Å². The minimum atomic E-state index is -0.811. The number of nitro benzene ring substituents is 1. The lowest BCUT2D eigenvalue weighted by Gasteiger charge is -2.41. The van der Waals surface area contributed by atoms with Gasteiger partial charge < -0.3 is 4.74 Å². The van der Waals surface area contributed by atoms with E-state index >= 15 is 0 Å². The van der Waals surface area contributed by atoms with Gasteiger partial charge in [-0.25, -0.2) is 0 Å². The summed E-state index contributed by atoms with van der Waals surface area (Å²) < 4.78 is 19.0. The highest BCUT2D eigenvalue weighted by Gasteiger charge is 2.39. The van der Waals surface area contributed by atoms with Crippen molar-refractivity contribution >= 4 is 11.7 Å². The van der Waals surface area contributed by atoms with E-state index < -0.39 is 16.4 Å². The highest BCUT2D eigenvalue weighted by Crippen LogP contribution is 2.37. The van der Waals surface area contributed by atoms with E-state index in [1.807, 2.05) is 14.0 Å². The monoisotopic (exact) mass is 366 g/mol. The number of nitrogens with zero attached hydrogens (tertiary/aromatic N) is 2. The average molecular weight is 366 g/mol. The summed E-state index contributed by atoms with van der Waals surface area (Å²) in [6, 6.07) is 4.30. The molecule has 2 atom stereocenters. The van der Waals surface area contributed by atoms with E-state index in [1.54, 1.807) is 6.07 Å². The standard InChI is InChI=1S/C19H27FN2O4/c1-5-26-19(23)18-12(2)8-15(9-13(18)3)21(4)11-14-6-7-17(22(24)25)16(20)10-14/h6-7,10,12-13,15,18H,5,8-9,11H2,1-4H3.